The molecular formula is C18H25F3IN5O3. The molecule has 30 heavy (non-hydrogen) atoms. The smallest absolute Gasteiger partial charge is 0.435 e. The Hall–Kier alpha value is -2.38. The molecule has 0 spiro atoms. The number of methoxy groups -OCH3 is 3. The van der Waals surface area contributed by atoms with Crippen molar-refractivity contribution in [1.29, 1.82) is 0 Å². The van der Waals surface area contributed by atoms with E-state index in [0.717, 1.165) is 10.2 Å². The zero-order valence-electron chi connectivity index (χ0n) is 17.3. The number of halogens is 4. The van der Waals surface area contributed by atoms with Gasteiger partial charge in [0.05, 0.1) is 21.3 Å². The number of aryl methyl sites for hydroxylation is 1. The van der Waals surface area contributed by atoms with E-state index in [2.05, 4.69) is 20.7 Å². The van der Waals surface area contributed by atoms with Crippen LogP contribution < -0.4 is 24.8 Å². The van der Waals surface area contributed by atoms with Gasteiger partial charge in [-0.15, -0.1) is 24.0 Å². The van der Waals surface area contributed by atoms with Crippen LogP contribution in [0, 0.1) is 0 Å². The highest BCUT2D eigenvalue weighted by Gasteiger charge is 2.36. The van der Waals surface area contributed by atoms with Gasteiger partial charge in [-0.2, -0.15) is 18.3 Å². The van der Waals surface area contributed by atoms with Gasteiger partial charge in [-0.1, -0.05) is 0 Å². The molecule has 0 aliphatic carbocycles. The Morgan fingerprint density at radius 2 is 1.63 bits per heavy atom. The molecule has 0 amide bonds. The van der Waals surface area contributed by atoms with Gasteiger partial charge in [0, 0.05) is 38.9 Å². The maximum atomic E-state index is 13.1. The summed E-state index contributed by atoms with van der Waals surface area (Å²) >= 11 is 0. The minimum atomic E-state index is -4.52. The van der Waals surface area contributed by atoms with Crippen LogP contribution in [0.5, 0.6) is 17.2 Å². The molecule has 1 heterocycles. The molecule has 0 bridgehead atoms. The third-order valence-corrected chi connectivity index (χ3v) is 4.03. The summed E-state index contributed by atoms with van der Waals surface area (Å²) in [4.78, 5) is 4.03. The molecule has 0 aliphatic rings. The molecular weight excluding hydrogens is 518 g/mol. The molecule has 0 unspecified atom stereocenters. The maximum Gasteiger partial charge on any atom is 0.435 e. The van der Waals surface area contributed by atoms with Crippen molar-refractivity contribution in [3.05, 3.63) is 35.2 Å². The SMILES string of the molecule is CN=C(NCc1cc(OC)c(OC)c(OC)c1)NCc1cn(C)nc1C(F)(F)F.I. The van der Waals surface area contributed by atoms with E-state index in [1.165, 1.54) is 41.6 Å². The molecule has 12 heteroatoms. The number of rotatable bonds is 7. The van der Waals surface area contributed by atoms with E-state index in [4.69, 9.17) is 14.2 Å². The number of alkyl halides is 3. The van der Waals surface area contributed by atoms with Crippen molar-refractivity contribution in [1.82, 2.24) is 20.4 Å². The van der Waals surface area contributed by atoms with Crippen molar-refractivity contribution < 1.29 is 27.4 Å². The zero-order chi connectivity index (χ0) is 21.6. The quantitative estimate of drug-likeness (QED) is 0.318. The van der Waals surface area contributed by atoms with Crippen LogP contribution in [-0.4, -0.2) is 44.1 Å². The van der Waals surface area contributed by atoms with Crippen LogP contribution in [0.2, 0.25) is 0 Å². The van der Waals surface area contributed by atoms with Crippen LogP contribution >= 0.6 is 24.0 Å². The van der Waals surface area contributed by atoms with E-state index in [9.17, 15) is 13.2 Å². The molecule has 2 rings (SSSR count). The van der Waals surface area contributed by atoms with E-state index in [1.807, 2.05) is 0 Å². The summed E-state index contributed by atoms with van der Waals surface area (Å²) in [5, 5.41) is 9.38. The maximum absolute atomic E-state index is 13.1. The summed E-state index contributed by atoms with van der Waals surface area (Å²) in [6.45, 7) is 0.243. The molecule has 0 atom stereocenters. The third-order valence-electron chi connectivity index (χ3n) is 4.03. The first-order valence-corrected chi connectivity index (χ1v) is 8.56. The Bertz CT molecular complexity index is 846. The summed E-state index contributed by atoms with van der Waals surface area (Å²) in [7, 11) is 7.51. The number of nitrogens with one attached hydrogen (secondary N) is 2. The van der Waals surface area contributed by atoms with Crippen LogP contribution in [0.25, 0.3) is 0 Å². The highest BCUT2D eigenvalue weighted by atomic mass is 127. The molecule has 168 valence electrons. The van der Waals surface area contributed by atoms with Gasteiger partial charge in [0.1, 0.15) is 0 Å². The highest BCUT2D eigenvalue weighted by molar-refractivity contribution is 14.0. The summed E-state index contributed by atoms with van der Waals surface area (Å²) < 4.78 is 56.2. The lowest BCUT2D eigenvalue weighted by molar-refractivity contribution is -0.142. The predicted molar refractivity (Wildman–Crippen MR) is 117 cm³/mol. The molecule has 0 radical (unpaired) electrons. The predicted octanol–water partition coefficient (Wildman–Crippen LogP) is 2.95. The van der Waals surface area contributed by atoms with Crippen molar-refractivity contribution in [2.45, 2.75) is 19.3 Å². The molecule has 1 aromatic carbocycles. The van der Waals surface area contributed by atoms with Crippen molar-refractivity contribution in [2.75, 3.05) is 28.4 Å². The van der Waals surface area contributed by atoms with Gasteiger partial charge in [-0.05, 0) is 17.7 Å². The number of nitrogens with zero attached hydrogens (tertiary/aromatic N) is 3. The van der Waals surface area contributed by atoms with E-state index < -0.39 is 11.9 Å². The number of hydrogen-bond acceptors (Lipinski definition) is 5. The van der Waals surface area contributed by atoms with Crippen molar-refractivity contribution >= 4 is 29.9 Å². The van der Waals surface area contributed by atoms with Gasteiger partial charge in [0.25, 0.3) is 0 Å². The number of hydrogen-bond donors (Lipinski definition) is 2. The molecule has 0 aliphatic heterocycles. The lowest BCUT2D eigenvalue weighted by Gasteiger charge is -2.16. The number of ether oxygens (including phenoxy) is 3. The third kappa shape index (κ3) is 6.31. The van der Waals surface area contributed by atoms with Gasteiger partial charge < -0.3 is 24.8 Å². The van der Waals surface area contributed by atoms with Gasteiger partial charge in [-0.3, -0.25) is 9.67 Å². The van der Waals surface area contributed by atoms with E-state index >= 15 is 0 Å². The largest absolute Gasteiger partial charge is 0.493 e. The molecule has 1 aromatic heterocycles. The van der Waals surface area contributed by atoms with Gasteiger partial charge in [-0.25, -0.2) is 0 Å². The van der Waals surface area contributed by atoms with Gasteiger partial charge in [0.15, 0.2) is 23.2 Å². The number of benzene rings is 1. The fourth-order valence-corrected chi connectivity index (χ4v) is 2.73. The minimum absolute atomic E-state index is 0. The summed E-state index contributed by atoms with van der Waals surface area (Å²) in [6.07, 6.45) is -3.20. The molecule has 0 saturated heterocycles. The van der Waals surface area contributed by atoms with Crippen LogP contribution in [0.1, 0.15) is 16.8 Å². The number of aliphatic imine (C=N–C) groups is 1. The standard InChI is InChI=1S/C18H24F3N5O3.HI/c1-22-17(24-9-12-10-26(2)25-16(12)18(19,20)21)23-8-11-6-13(27-3)15(29-5)14(7-11)28-4;/h6-7,10H,8-9H2,1-5H3,(H2,22,23,24);1H. The highest BCUT2D eigenvalue weighted by Crippen LogP contribution is 2.38. The molecule has 8 nitrogen and oxygen atoms in total. The first kappa shape index (κ1) is 25.7. The van der Waals surface area contributed by atoms with Gasteiger partial charge in [0.2, 0.25) is 5.75 Å². The topological polar surface area (TPSA) is 81.9 Å². The fraction of sp³-hybridized carbons (Fsp3) is 0.444. The lowest BCUT2D eigenvalue weighted by Crippen LogP contribution is -2.36. The second-order valence-corrected chi connectivity index (χ2v) is 5.99. The van der Waals surface area contributed by atoms with Crippen molar-refractivity contribution in [2.24, 2.45) is 12.0 Å². The van der Waals surface area contributed by atoms with E-state index in [0.29, 0.717) is 29.8 Å². The molecule has 2 N–H and O–H groups in total. The van der Waals surface area contributed by atoms with Crippen molar-refractivity contribution in [3.8, 4) is 17.2 Å². The van der Waals surface area contributed by atoms with Crippen LogP contribution in [0.4, 0.5) is 13.2 Å². The second-order valence-electron chi connectivity index (χ2n) is 5.99. The zero-order valence-corrected chi connectivity index (χ0v) is 19.6. The molecule has 2 aromatic rings. The second kappa shape index (κ2) is 11.1. The Morgan fingerprint density at radius 3 is 2.10 bits per heavy atom. The minimum Gasteiger partial charge on any atom is -0.493 e. The van der Waals surface area contributed by atoms with E-state index in [1.54, 1.807) is 12.1 Å². The lowest BCUT2D eigenvalue weighted by atomic mass is 10.2. The number of aromatic nitrogens is 2. The summed E-state index contributed by atoms with van der Waals surface area (Å²) in [6, 6.07) is 3.54. The Balaban J connectivity index is 0.00000450. The molecule has 0 fully saturated rings. The average Bonchev–Trinajstić information content (AvgIpc) is 3.08. The van der Waals surface area contributed by atoms with Crippen LogP contribution in [0.3, 0.4) is 0 Å². The average molecular weight is 543 g/mol. The van der Waals surface area contributed by atoms with Gasteiger partial charge >= 0.3 is 6.18 Å². The summed E-state index contributed by atoms with van der Waals surface area (Å²) in [5.41, 5.74) is -0.0943. The van der Waals surface area contributed by atoms with Crippen LogP contribution in [-0.2, 0) is 26.3 Å². The summed E-state index contributed by atoms with van der Waals surface area (Å²) in [5.74, 6) is 1.79. The first-order chi connectivity index (χ1) is 13.7. The van der Waals surface area contributed by atoms with Crippen molar-refractivity contribution in [3.63, 3.8) is 0 Å². The Morgan fingerprint density at radius 1 is 1.07 bits per heavy atom. The molecule has 0 saturated carbocycles. The normalized spacial score (nSPS) is 11.5. The first-order valence-electron chi connectivity index (χ1n) is 8.56. The monoisotopic (exact) mass is 543 g/mol. The van der Waals surface area contributed by atoms with E-state index in [-0.39, 0.29) is 36.1 Å². The number of guanidine groups is 1. The Kier molecular flexibility index (Phi) is 9.52. The fourth-order valence-electron chi connectivity index (χ4n) is 2.73. The Labute approximate surface area is 189 Å². The van der Waals surface area contributed by atoms with Crippen LogP contribution in [0.15, 0.2) is 23.3 Å².